The van der Waals surface area contributed by atoms with Crippen LogP contribution < -0.4 is 0 Å². The minimum Gasteiger partial charge on any atom is -0.349 e. The summed E-state index contributed by atoms with van der Waals surface area (Å²) in [5, 5.41) is 0. The van der Waals surface area contributed by atoms with E-state index in [1.807, 2.05) is 6.20 Å². The fourth-order valence-corrected chi connectivity index (χ4v) is 2.45. The van der Waals surface area contributed by atoms with E-state index in [-0.39, 0.29) is 0 Å². The Morgan fingerprint density at radius 2 is 1.85 bits per heavy atom. The fourth-order valence-electron chi connectivity index (χ4n) is 2.45. The lowest BCUT2D eigenvalue weighted by molar-refractivity contribution is 0.884. The Balaban J connectivity index is 1.83. The molecule has 1 heterocycles. The summed E-state index contributed by atoms with van der Waals surface area (Å²) in [5.74, 6) is 1.05. The summed E-state index contributed by atoms with van der Waals surface area (Å²) in [7, 11) is 0. The van der Waals surface area contributed by atoms with E-state index in [0.29, 0.717) is 0 Å². The van der Waals surface area contributed by atoms with Gasteiger partial charge in [-0.05, 0) is 35.6 Å². The molecule has 0 aliphatic carbocycles. The zero-order valence-corrected chi connectivity index (χ0v) is 11.6. The Bertz CT molecular complexity index is 670. The van der Waals surface area contributed by atoms with Crippen molar-refractivity contribution in [2.75, 3.05) is 0 Å². The Hall–Kier alpha value is -2.35. The Kier molecular flexibility index (Phi) is 3.64. The van der Waals surface area contributed by atoms with Crippen LogP contribution >= 0.6 is 0 Å². The molecule has 0 saturated carbocycles. The lowest BCUT2D eigenvalue weighted by Gasteiger charge is -2.09. The maximum absolute atomic E-state index is 4.27. The zero-order valence-electron chi connectivity index (χ0n) is 11.6. The number of nitrogens with zero attached hydrogens (tertiary/aromatic N) is 1. The quantitative estimate of drug-likeness (QED) is 0.751. The molecule has 0 atom stereocenters. The van der Waals surface area contributed by atoms with Gasteiger partial charge in [-0.25, -0.2) is 4.98 Å². The van der Waals surface area contributed by atoms with Crippen LogP contribution in [0.5, 0.6) is 0 Å². The molecule has 100 valence electrons. The van der Waals surface area contributed by atoms with Gasteiger partial charge >= 0.3 is 0 Å². The van der Waals surface area contributed by atoms with Crippen molar-refractivity contribution in [2.45, 2.75) is 19.8 Å². The molecule has 0 spiro atoms. The minimum absolute atomic E-state index is 0.949. The first-order valence-electron chi connectivity index (χ1n) is 6.96. The van der Waals surface area contributed by atoms with Gasteiger partial charge in [0, 0.05) is 18.8 Å². The average molecular weight is 262 g/mol. The first-order valence-corrected chi connectivity index (χ1v) is 6.96. The summed E-state index contributed by atoms with van der Waals surface area (Å²) in [6, 6.07) is 17.3. The summed E-state index contributed by atoms with van der Waals surface area (Å²) in [5.41, 5.74) is 5.27. The highest BCUT2D eigenvalue weighted by Gasteiger charge is 2.04. The van der Waals surface area contributed by atoms with Crippen molar-refractivity contribution in [3.05, 3.63) is 77.9 Å². The molecule has 1 aromatic heterocycles. The van der Waals surface area contributed by atoms with Crippen LogP contribution in [-0.4, -0.2) is 9.97 Å². The molecule has 0 aliphatic rings. The zero-order chi connectivity index (χ0) is 13.8. The van der Waals surface area contributed by atoms with Crippen molar-refractivity contribution < 1.29 is 0 Å². The number of hydrogen-bond acceptors (Lipinski definition) is 1. The molecule has 2 heteroatoms. The lowest BCUT2D eigenvalue weighted by Crippen LogP contribution is -1.95. The van der Waals surface area contributed by atoms with E-state index in [2.05, 4.69) is 65.4 Å². The second-order valence-corrected chi connectivity index (χ2v) is 5.05. The summed E-state index contributed by atoms with van der Waals surface area (Å²) < 4.78 is 0. The molecule has 3 aromatic rings. The second kappa shape index (κ2) is 5.74. The van der Waals surface area contributed by atoms with Gasteiger partial charge in [-0.1, -0.05) is 48.5 Å². The third kappa shape index (κ3) is 2.80. The molecule has 0 amide bonds. The first-order chi connectivity index (χ1) is 9.83. The Morgan fingerprint density at radius 3 is 2.60 bits per heavy atom. The molecule has 2 aromatic carbocycles. The van der Waals surface area contributed by atoms with Crippen LogP contribution in [0.4, 0.5) is 0 Å². The molecular formula is C18H18N2. The van der Waals surface area contributed by atoms with Gasteiger partial charge in [-0.3, -0.25) is 0 Å². The van der Waals surface area contributed by atoms with Crippen LogP contribution in [0.3, 0.4) is 0 Å². The summed E-state index contributed by atoms with van der Waals surface area (Å²) >= 11 is 0. The highest BCUT2D eigenvalue weighted by molar-refractivity contribution is 5.67. The standard InChI is InChI=1S/C18H18N2/c1-14-7-8-15(9-10-18-19-11-12-20-18)13-17(14)16-5-3-2-4-6-16/h2-8,11-13H,9-10H2,1H3,(H,19,20). The van der Waals surface area contributed by atoms with Gasteiger partial charge < -0.3 is 4.98 Å². The van der Waals surface area contributed by atoms with Crippen molar-refractivity contribution in [2.24, 2.45) is 0 Å². The van der Waals surface area contributed by atoms with Crippen LogP contribution in [0.25, 0.3) is 11.1 Å². The third-order valence-corrected chi connectivity index (χ3v) is 3.59. The van der Waals surface area contributed by atoms with Crippen molar-refractivity contribution in [1.82, 2.24) is 9.97 Å². The Morgan fingerprint density at radius 1 is 1.00 bits per heavy atom. The largest absolute Gasteiger partial charge is 0.349 e. The third-order valence-electron chi connectivity index (χ3n) is 3.59. The smallest absolute Gasteiger partial charge is 0.106 e. The summed E-state index contributed by atoms with van der Waals surface area (Å²) in [6.07, 6.45) is 5.64. The van der Waals surface area contributed by atoms with E-state index in [4.69, 9.17) is 0 Å². The minimum atomic E-state index is 0.949. The molecule has 0 radical (unpaired) electrons. The number of imidazole rings is 1. The van der Waals surface area contributed by atoms with E-state index in [9.17, 15) is 0 Å². The van der Waals surface area contributed by atoms with Gasteiger partial charge in [-0.2, -0.15) is 0 Å². The number of nitrogens with one attached hydrogen (secondary N) is 1. The molecule has 0 bridgehead atoms. The summed E-state index contributed by atoms with van der Waals surface area (Å²) in [6.45, 7) is 2.17. The lowest BCUT2D eigenvalue weighted by atomic mass is 9.96. The number of aryl methyl sites for hydroxylation is 3. The van der Waals surface area contributed by atoms with E-state index >= 15 is 0 Å². The van der Waals surface area contributed by atoms with Crippen molar-refractivity contribution in [1.29, 1.82) is 0 Å². The van der Waals surface area contributed by atoms with Gasteiger partial charge in [0.05, 0.1) is 0 Å². The Labute approximate surface area is 119 Å². The van der Waals surface area contributed by atoms with Crippen LogP contribution in [0.1, 0.15) is 17.0 Å². The SMILES string of the molecule is Cc1ccc(CCc2ncc[nH]2)cc1-c1ccccc1. The molecule has 0 saturated heterocycles. The van der Waals surface area contributed by atoms with E-state index in [1.54, 1.807) is 6.20 Å². The molecule has 0 fully saturated rings. The highest BCUT2D eigenvalue weighted by atomic mass is 14.9. The van der Waals surface area contributed by atoms with E-state index < -0.39 is 0 Å². The molecule has 2 nitrogen and oxygen atoms in total. The fraction of sp³-hybridized carbons (Fsp3) is 0.167. The normalized spacial score (nSPS) is 10.7. The topological polar surface area (TPSA) is 28.7 Å². The maximum Gasteiger partial charge on any atom is 0.106 e. The number of hydrogen-bond donors (Lipinski definition) is 1. The number of rotatable bonds is 4. The van der Waals surface area contributed by atoms with Crippen molar-refractivity contribution in [3.63, 3.8) is 0 Å². The van der Waals surface area contributed by atoms with Crippen molar-refractivity contribution >= 4 is 0 Å². The highest BCUT2D eigenvalue weighted by Crippen LogP contribution is 2.24. The van der Waals surface area contributed by atoms with Gasteiger partial charge in [0.15, 0.2) is 0 Å². The number of aromatic nitrogens is 2. The van der Waals surface area contributed by atoms with Crippen LogP contribution in [0.2, 0.25) is 0 Å². The molecule has 3 rings (SSSR count). The van der Waals surface area contributed by atoms with E-state index in [1.165, 1.54) is 22.3 Å². The molecule has 0 unspecified atom stereocenters. The van der Waals surface area contributed by atoms with Crippen LogP contribution in [-0.2, 0) is 12.8 Å². The number of H-pyrrole nitrogens is 1. The second-order valence-electron chi connectivity index (χ2n) is 5.05. The van der Waals surface area contributed by atoms with Crippen LogP contribution in [0, 0.1) is 6.92 Å². The van der Waals surface area contributed by atoms with Gasteiger partial charge in [0.2, 0.25) is 0 Å². The van der Waals surface area contributed by atoms with Gasteiger partial charge in [-0.15, -0.1) is 0 Å². The summed E-state index contributed by atoms with van der Waals surface area (Å²) in [4.78, 5) is 7.43. The van der Waals surface area contributed by atoms with Crippen molar-refractivity contribution in [3.8, 4) is 11.1 Å². The van der Waals surface area contributed by atoms with Gasteiger partial charge in [0.25, 0.3) is 0 Å². The molecular weight excluding hydrogens is 244 g/mol. The first kappa shape index (κ1) is 12.7. The number of benzene rings is 2. The predicted octanol–water partition coefficient (Wildman–Crippen LogP) is 4.17. The molecule has 0 aliphatic heterocycles. The van der Waals surface area contributed by atoms with Gasteiger partial charge in [0.1, 0.15) is 5.82 Å². The average Bonchev–Trinajstić information content (AvgIpc) is 3.01. The maximum atomic E-state index is 4.27. The van der Waals surface area contributed by atoms with E-state index in [0.717, 1.165) is 18.7 Å². The predicted molar refractivity (Wildman–Crippen MR) is 82.6 cm³/mol. The monoisotopic (exact) mass is 262 g/mol. The van der Waals surface area contributed by atoms with Crippen LogP contribution in [0.15, 0.2) is 60.9 Å². The molecule has 20 heavy (non-hydrogen) atoms. The number of aromatic amines is 1. The molecule has 1 N–H and O–H groups in total.